The fourth-order valence-corrected chi connectivity index (χ4v) is 0.914. The zero-order valence-corrected chi connectivity index (χ0v) is 9.26. The number of aromatic nitrogens is 2. The van der Waals surface area contributed by atoms with Gasteiger partial charge < -0.3 is 15.4 Å². The van der Waals surface area contributed by atoms with Crippen molar-refractivity contribution in [1.82, 2.24) is 15.3 Å². The summed E-state index contributed by atoms with van der Waals surface area (Å²) in [6.07, 6.45) is 3.42. The zero-order chi connectivity index (χ0) is 10.8. The summed E-state index contributed by atoms with van der Waals surface area (Å²) in [6, 6.07) is 0. The molecule has 4 nitrogen and oxygen atoms in total. The minimum atomic E-state index is -0.757. The molecule has 0 bridgehead atoms. The Kier molecular flexibility index (Phi) is 2.97. The van der Waals surface area contributed by atoms with Crippen LogP contribution in [0.25, 0.3) is 0 Å². The van der Waals surface area contributed by atoms with Gasteiger partial charge in [0.1, 0.15) is 0 Å². The standard InChI is InChI=1S/C10H19N3O/c1-9(2,10(3,4)14)13-6-8-5-11-7-12-8/h5,7,13-14H,6H2,1-4H3,(H,11,12). The number of imidazole rings is 1. The van der Waals surface area contributed by atoms with Crippen LogP contribution < -0.4 is 5.32 Å². The van der Waals surface area contributed by atoms with Crippen molar-refractivity contribution < 1.29 is 5.11 Å². The number of hydrogen-bond acceptors (Lipinski definition) is 3. The minimum absolute atomic E-state index is 0.335. The summed E-state index contributed by atoms with van der Waals surface area (Å²) < 4.78 is 0. The maximum absolute atomic E-state index is 9.89. The third-order valence-corrected chi connectivity index (χ3v) is 2.81. The zero-order valence-electron chi connectivity index (χ0n) is 9.26. The second kappa shape index (κ2) is 3.71. The monoisotopic (exact) mass is 197 g/mol. The van der Waals surface area contributed by atoms with Crippen molar-refractivity contribution in [3.05, 3.63) is 18.2 Å². The molecule has 1 heterocycles. The first kappa shape index (κ1) is 11.2. The molecule has 0 aliphatic rings. The molecule has 0 radical (unpaired) electrons. The van der Waals surface area contributed by atoms with Crippen LogP contribution in [-0.4, -0.2) is 26.2 Å². The van der Waals surface area contributed by atoms with Crippen molar-refractivity contribution >= 4 is 0 Å². The van der Waals surface area contributed by atoms with Gasteiger partial charge in [0, 0.05) is 24.0 Å². The molecule has 1 aromatic rings. The van der Waals surface area contributed by atoms with Crippen molar-refractivity contribution in [3.63, 3.8) is 0 Å². The van der Waals surface area contributed by atoms with Crippen LogP contribution in [0.15, 0.2) is 12.5 Å². The smallest absolute Gasteiger partial charge is 0.0922 e. The molecule has 3 N–H and O–H groups in total. The predicted octanol–water partition coefficient (Wildman–Crippen LogP) is 1.05. The van der Waals surface area contributed by atoms with Crippen LogP contribution in [0.3, 0.4) is 0 Å². The molecule has 0 amide bonds. The molecule has 1 rings (SSSR count). The Balaban J connectivity index is 2.53. The molecule has 0 aromatic carbocycles. The van der Waals surface area contributed by atoms with Gasteiger partial charge in [-0.1, -0.05) is 0 Å². The molecule has 0 spiro atoms. The summed E-state index contributed by atoms with van der Waals surface area (Å²) in [7, 11) is 0. The summed E-state index contributed by atoms with van der Waals surface area (Å²) in [6.45, 7) is 8.23. The van der Waals surface area contributed by atoms with Gasteiger partial charge in [-0.2, -0.15) is 0 Å². The first-order chi connectivity index (χ1) is 6.33. The Labute approximate surface area is 84.8 Å². The number of nitrogens with one attached hydrogen (secondary N) is 2. The maximum Gasteiger partial charge on any atom is 0.0922 e. The highest BCUT2D eigenvalue weighted by molar-refractivity contribution is 4.99. The largest absolute Gasteiger partial charge is 0.389 e. The first-order valence-corrected chi connectivity index (χ1v) is 4.77. The third-order valence-electron chi connectivity index (χ3n) is 2.81. The van der Waals surface area contributed by atoms with E-state index in [-0.39, 0.29) is 5.54 Å². The predicted molar refractivity (Wildman–Crippen MR) is 55.8 cm³/mol. The van der Waals surface area contributed by atoms with Crippen molar-refractivity contribution in [2.24, 2.45) is 0 Å². The number of aliphatic hydroxyl groups is 1. The highest BCUT2D eigenvalue weighted by Crippen LogP contribution is 2.20. The van der Waals surface area contributed by atoms with Gasteiger partial charge in [-0.25, -0.2) is 4.98 Å². The summed E-state index contributed by atoms with van der Waals surface area (Å²) in [4.78, 5) is 6.93. The van der Waals surface area contributed by atoms with E-state index in [2.05, 4.69) is 15.3 Å². The van der Waals surface area contributed by atoms with Gasteiger partial charge in [0.15, 0.2) is 0 Å². The molecule has 0 atom stereocenters. The second-order valence-corrected chi connectivity index (χ2v) is 4.61. The number of rotatable bonds is 4. The molecule has 0 unspecified atom stereocenters. The number of H-pyrrole nitrogens is 1. The van der Waals surface area contributed by atoms with E-state index < -0.39 is 5.60 Å². The van der Waals surface area contributed by atoms with E-state index in [9.17, 15) is 5.11 Å². The Bertz CT molecular complexity index is 272. The SMILES string of the molecule is CC(C)(O)C(C)(C)NCc1cnc[nH]1. The fourth-order valence-electron chi connectivity index (χ4n) is 0.914. The van der Waals surface area contributed by atoms with Crippen LogP contribution in [0.1, 0.15) is 33.4 Å². The lowest BCUT2D eigenvalue weighted by atomic mass is 9.86. The van der Waals surface area contributed by atoms with Crippen molar-refractivity contribution in [3.8, 4) is 0 Å². The molecular formula is C10H19N3O. The van der Waals surface area contributed by atoms with Crippen LogP contribution in [-0.2, 0) is 6.54 Å². The Hall–Kier alpha value is -0.870. The van der Waals surface area contributed by atoms with Gasteiger partial charge in [0.2, 0.25) is 0 Å². The molecule has 0 aliphatic carbocycles. The fraction of sp³-hybridized carbons (Fsp3) is 0.700. The first-order valence-electron chi connectivity index (χ1n) is 4.77. The topological polar surface area (TPSA) is 60.9 Å². The third kappa shape index (κ3) is 2.56. The van der Waals surface area contributed by atoms with E-state index in [1.54, 1.807) is 26.4 Å². The lowest BCUT2D eigenvalue weighted by Gasteiger charge is -2.38. The van der Waals surface area contributed by atoms with Crippen molar-refractivity contribution in [2.45, 2.75) is 45.4 Å². The average Bonchev–Trinajstić information content (AvgIpc) is 2.50. The van der Waals surface area contributed by atoms with E-state index in [0.29, 0.717) is 6.54 Å². The van der Waals surface area contributed by atoms with Crippen molar-refractivity contribution in [1.29, 1.82) is 0 Å². The molecule has 80 valence electrons. The number of hydrogen-bond donors (Lipinski definition) is 3. The normalized spacial score (nSPS) is 13.2. The molecule has 0 saturated heterocycles. The van der Waals surface area contributed by atoms with Crippen LogP contribution in [0, 0.1) is 0 Å². The molecule has 4 heteroatoms. The van der Waals surface area contributed by atoms with Gasteiger partial charge >= 0.3 is 0 Å². The molecule has 0 saturated carbocycles. The van der Waals surface area contributed by atoms with E-state index in [0.717, 1.165) is 5.69 Å². The molecule has 0 fully saturated rings. The quantitative estimate of drug-likeness (QED) is 0.676. The molecular weight excluding hydrogens is 178 g/mol. The summed E-state index contributed by atoms with van der Waals surface area (Å²) >= 11 is 0. The summed E-state index contributed by atoms with van der Waals surface area (Å²) in [5.41, 5.74) is -0.0761. The maximum atomic E-state index is 9.89. The van der Waals surface area contributed by atoms with E-state index in [4.69, 9.17) is 0 Å². The number of nitrogens with zero attached hydrogens (tertiary/aromatic N) is 1. The van der Waals surface area contributed by atoms with E-state index in [1.165, 1.54) is 0 Å². The van der Waals surface area contributed by atoms with Gasteiger partial charge in [-0.15, -0.1) is 0 Å². The Morgan fingerprint density at radius 2 is 2.07 bits per heavy atom. The highest BCUT2D eigenvalue weighted by atomic mass is 16.3. The summed E-state index contributed by atoms with van der Waals surface area (Å²) in [5.74, 6) is 0. The minimum Gasteiger partial charge on any atom is -0.389 e. The van der Waals surface area contributed by atoms with E-state index >= 15 is 0 Å². The van der Waals surface area contributed by atoms with Gasteiger partial charge in [-0.05, 0) is 27.7 Å². The second-order valence-electron chi connectivity index (χ2n) is 4.61. The molecule has 14 heavy (non-hydrogen) atoms. The van der Waals surface area contributed by atoms with E-state index in [1.807, 2.05) is 13.8 Å². The highest BCUT2D eigenvalue weighted by Gasteiger charge is 2.34. The van der Waals surface area contributed by atoms with Crippen LogP contribution in [0.2, 0.25) is 0 Å². The van der Waals surface area contributed by atoms with Crippen LogP contribution >= 0.6 is 0 Å². The average molecular weight is 197 g/mol. The van der Waals surface area contributed by atoms with Crippen molar-refractivity contribution in [2.75, 3.05) is 0 Å². The Morgan fingerprint density at radius 3 is 2.50 bits per heavy atom. The lowest BCUT2D eigenvalue weighted by molar-refractivity contribution is -0.00544. The molecule has 1 aromatic heterocycles. The molecule has 0 aliphatic heterocycles. The van der Waals surface area contributed by atoms with Gasteiger partial charge in [-0.3, -0.25) is 0 Å². The lowest BCUT2D eigenvalue weighted by Crippen LogP contribution is -2.55. The van der Waals surface area contributed by atoms with Gasteiger partial charge in [0.25, 0.3) is 0 Å². The summed E-state index contributed by atoms with van der Waals surface area (Å²) in [5, 5.41) is 13.2. The number of aromatic amines is 1. The van der Waals surface area contributed by atoms with Gasteiger partial charge in [0.05, 0.1) is 11.9 Å². The Morgan fingerprint density at radius 1 is 1.43 bits per heavy atom. The van der Waals surface area contributed by atoms with Crippen LogP contribution in [0.5, 0.6) is 0 Å². The van der Waals surface area contributed by atoms with Crippen LogP contribution in [0.4, 0.5) is 0 Å².